The summed E-state index contributed by atoms with van der Waals surface area (Å²) in [7, 11) is 0. The van der Waals surface area contributed by atoms with Crippen LogP contribution in [0.5, 0.6) is 0 Å². The van der Waals surface area contributed by atoms with Crippen LogP contribution in [0, 0.1) is 5.92 Å². The number of rotatable bonds is 5. The van der Waals surface area contributed by atoms with Crippen molar-refractivity contribution >= 4 is 0 Å². The van der Waals surface area contributed by atoms with E-state index in [-0.39, 0.29) is 5.60 Å². The van der Waals surface area contributed by atoms with Crippen molar-refractivity contribution in [2.45, 2.75) is 76.4 Å². The van der Waals surface area contributed by atoms with Gasteiger partial charge in [-0.15, -0.1) is 0 Å². The van der Waals surface area contributed by atoms with Gasteiger partial charge in [0.15, 0.2) is 0 Å². The first-order valence-corrected chi connectivity index (χ1v) is 8.15. The van der Waals surface area contributed by atoms with Crippen LogP contribution in [0.15, 0.2) is 0 Å². The van der Waals surface area contributed by atoms with Crippen molar-refractivity contribution in [2.75, 3.05) is 19.7 Å². The van der Waals surface area contributed by atoms with Crippen LogP contribution in [0.3, 0.4) is 0 Å². The van der Waals surface area contributed by atoms with Crippen LogP contribution in [-0.4, -0.2) is 36.0 Å². The highest BCUT2D eigenvalue weighted by Gasteiger charge is 2.44. The van der Waals surface area contributed by atoms with Gasteiger partial charge in [0, 0.05) is 13.2 Å². The monoisotopic (exact) mass is 269 g/mol. The maximum Gasteiger partial charge on any atom is 0.0773 e. The third-order valence-electron chi connectivity index (χ3n) is 5.05. The van der Waals surface area contributed by atoms with Crippen molar-refractivity contribution in [1.82, 2.24) is 5.32 Å². The maximum atomic E-state index is 10.8. The minimum Gasteiger partial charge on any atom is -0.389 e. The molecule has 2 rings (SSSR count). The Morgan fingerprint density at radius 3 is 2.74 bits per heavy atom. The molecule has 0 amide bonds. The molecule has 3 nitrogen and oxygen atoms in total. The fraction of sp³-hybridized carbons (Fsp3) is 1.00. The molecule has 2 atom stereocenters. The zero-order valence-electron chi connectivity index (χ0n) is 12.7. The molecular formula is C16H31NO2. The summed E-state index contributed by atoms with van der Waals surface area (Å²) >= 11 is 0. The third-order valence-corrected chi connectivity index (χ3v) is 5.05. The Kier molecular flexibility index (Phi) is 5.27. The van der Waals surface area contributed by atoms with Crippen LogP contribution in [0.4, 0.5) is 0 Å². The summed E-state index contributed by atoms with van der Waals surface area (Å²) in [6, 6.07) is 0. The van der Waals surface area contributed by atoms with E-state index in [0.717, 1.165) is 32.4 Å². The Bertz CT molecular complexity index is 266. The van der Waals surface area contributed by atoms with Crippen LogP contribution >= 0.6 is 0 Å². The standard InChI is InChI=1S/C16H31NO2/c1-3-10-17-13-15(2,18)14-7-11-19-16(12-14)8-5-4-6-9-16/h14,17-18H,3-13H2,1-2H3. The summed E-state index contributed by atoms with van der Waals surface area (Å²) in [5.41, 5.74) is -0.501. The van der Waals surface area contributed by atoms with Crippen molar-refractivity contribution in [3.05, 3.63) is 0 Å². The smallest absolute Gasteiger partial charge is 0.0773 e. The summed E-state index contributed by atoms with van der Waals surface area (Å²) in [6.07, 6.45) is 9.50. The van der Waals surface area contributed by atoms with Gasteiger partial charge in [0.05, 0.1) is 11.2 Å². The Labute approximate surface area is 118 Å². The number of nitrogens with one attached hydrogen (secondary N) is 1. The van der Waals surface area contributed by atoms with Gasteiger partial charge in [0.1, 0.15) is 0 Å². The summed E-state index contributed by atoms with van der Waals surface area (Å²) in [6.45, 7) is 6.69. The molecule has 0 radical (unpaired) electrons. The molecular weight excluding hydrogens is 238 g/mol. The molecule has 0 aromatic carbocycles. The Hall–Kier alpha value is -0.120. The summed E-state index contributed by atoms with van der Waals surface area (Å²) in [5, 5.41) is 14.1. The highest BCUT2D eigenvalue weighted by Crippen LogP contribution is 2.43. The Balaban J connectivity index is 1.91. The van der Waals surface area contributed by atoms with Crippen molar-refractivity contribution < 1.29 is 9.84 Å². The molecule has 1 saturated carbocycles. The predicted molar refractivity (Wildman–Crippen MR) is 78.3 cm³/mol. The quantitative estimate of drug-likeness (QED) is 0.754. The van der Waals surface area contributed by atoms with E-state index in [1.165, 1.54) is 32.1 Å². The first-order chi connectivity index (χ1) is 9.08. The van der Waals surface area contributed by atoms with E-state index in [0.29, 0.717) is 12.5 Å². The minimum atomic E-state index is -0.594. The Morgan fingerprint density at radius 1 is 1.32 bits per heavy atom. The second kappa shape index (κ2) is 6.55. The molecule has 1 spiro atoms. The van der Waals surface area contributed by atoms with E-state index >= 15 is 0 Å². The van der Waals surface area contributed by atoms with E-state index in [2.05, 4.69) is 12.2 Å². The van der Waals surface area contributed by atoms with Crippen LogP contribution in [-0.2, 0) is 4.74 Å². The van der Waals surface area contributed by atoms with Crippen LogP contribution in [0.2, 0.25) is 0 Å². The largest absolute Gasteiger partial charge is 0.389 e. The summed E-state index contributed by atoms with van der Waals surface area (Å²) in [5.74, 6) is 0.378. The average Bonchev–Trinajstić information content (AvgIpc) is 2.40. The van der Waals surface area contributed by atoms with Gasteiger partial charge in [0.2, 0.25) is 0 Å². The lowest BCUT2D eigenvalue weighted by molar-refractivity contribution is -0.151. The van der Waals surface area contributed by atoms with Gasteiger partial charge < -0.3 is 15.2 Å². The zero-order valence-corrected chi connectivity index (χ0v) is 12.7. The molecule has 2 N–H and O–H groups in total. The average molecular weight is 269 g/mol. The van der Waals surface area contributed by atoms with Crippen LogP contribution in [0.1, 0.15) is 65.2 Å². The van der Waals surface area contributed by atoms with Crippen molar-refractivity contribution in [3.63, 3.8) is 0 Å². The highest BCUT2D eigenvalue weighted by molar-refractivity contribution is 4.96. The van der Waals surface area contributed by atoms with Gasteiger partial charge in [-0.05, 0) is 51.5 Å². The zero-order chi connectivity index (χ0) is 13.8. The third kappa shape index (κ3) is 3.93. The molecule has 2 fully saturated rings. The van der Waals surface area contributed by atoms with E-state index in [9.17, 15) is 5.11 Å². The molecule has 1 heterocycles. The van der Waals surface area contributed by atoms with E-state index in [4.69, 9.17) is 4.74 Å². The normalized spacial score (nSPS) is 30.2. The van der Waals surface area contributed by atoms with E-state index in [1.54, 1.807) is 0 Å². The predicted octanol–water partition coefficient (Wildman–Crippen LogP) is 2.87. The molecule has 1 saturated heterocycles. The van der Waals surface area contributed by atoms with Crippen molar-refractivity contribution in [2.24, 2.45) is 5.92 Å². The second-order valence-electron chi connectivity index (χ2n) is 6.82. The lowest BCUT2D eigenvalue weighted by Crippen LogP contribution is -2.52. The molecule has 1 aliphatic heterocycles. The maximum absolute atomic E-state index is 10.8. The lowest BCUT2D eigenvalue weighted by Gasteiger charge is -2.47. The number of aliphatic hydroxyl groups is 1. The molecule has 0 aromatic rings. The fourth-order valence-corrected chi connectivity index (χ4v) is 3.77. The number of hydrogen-bond acceptors (Lipinski definition) is 3. The lowest BCUT2D eigenvalue weighted by atomic mass is 9.71. The summed E-state index contributed by atoms with van der Waals surface area (Å²) < 4.78 is 6.13. The Morgan fingerprint density at radius 2 is 2.05 bits per heavy atom. The van der Waals surface area contributed by atoms with Gasteiger partial charge in [-0.3, -0.25) is 0 Å². The first kappa shape index (κ1) is 15.3. The molecule has 2 aliphatic rings. The van der Waals surface area contributed by atoms with E-state index in [1.807, 2.05) is 6.92 Å². The van der Waals surface area contributed by atoms with Crippen molar-refractivity contribution in [1.29, 1.82) is 0 Å². The van der Waals surface area contributed by atoms with Crippen LogP contribution < -0.4 is 5.32 Å². The number of hydrogen-bond donors (Lipinski definition) is 2. The molecule has 0 bridgehead atoms. The van der Waals surface area contributed by atoms with Crippen LogP contribution in [0.25, 0.3) is 0 Å². The van der Waals surface area contributed by atoms with Gasteiger partial charge >= 0.3 is 0 Å². The van der Waals surface area contributed by atoms with Gasteiger partial charge in [-0.2, -0.15) is 0 Å². The van der Waals surface area contributed by atoms with Gasteiger partial charge in [-0.25, -0.2) is 0 Å². The molecule has 0 aromatic heterocycles. The highest BCUT2D eigenvalue weighted by atomic mass is 16.5. The molecule has 2 unspecified atom stereocenters. The van der Waals surface area contributed by atoms with Gasteiger partial charge in [0.25, 0.3) is 0 Å². The minimum absolute atomic E-state index is 0.0932. The molecule has 112 valence electrons. The number of ether oxygens (including phenoxy) is 1. The fourth-order valence-electron chi connectivity index (χ4n) is 3.77. The second-order valence-corrected chi connectivity index (χ2v) is 6.82. The van der Waals surface area contributed by atoms with E-state index < -0.39 is 5.60 Å². The molecule has 19 heavy (non-hydrogen) atoms. The van der Waals surface area contributed by atoms with Crippen molar-refractivity contribution in [3.8, 4) is 0 Å². The topological polar surface area (TPSA) is 41.5 Å². The van der Waals surface area contributed by atoms with Gasteiger partial charge in [-0.1, -0.05) is 26.2 Å². The summed E-state index contributed by atoms with van der Waals surface area (Å²) in [4.78, 5) is 0. The molecule has 3 heteroatoms. The molecule has 1 aliphatic carbocycles. The SMILES string of the molecule is CCCNCC(C)(O)C1CCOC2(CCCCC2)C1. The first-order valence-electron chi connectivity index (χ1n) is 8.15.